The first-order valence-corrected chi connectivity index (χ1v) is 10.6. The molecule has 0 saturated heterocycles. The summed E-state index contributed by atoms with van der Waals surface area (Å²) in [6.45, 7) is 1.81. The van der Waals surface area contributed by atoms with Crippen LogP contribution in [0, 0.1) is 0 Å². The van der Waals surface area contributed by atoms with Gasteiger partial charge in [-0.05, 0) is 31.4 Å². The van der Waals surface area contributed by atoms with E-state index in [4.69, 9.17) is 4.74 Å². The number of Topliss-reactive ketones (excluding diaryl/α,β-unsaturated/α-hetero) is 1. The Morgan fingerprint density at radius 3 is 2.72 bits per heavy atom. The van der Waals surface area contributed by atoms with Crippen LogP contribution in [0.2, 0.25) is 0 Å². The molecule has 9 heteroatoms. The molecule has 0 unspecified atom stereocenters. The highest BCUT2D eigenvalue weighted by atomic mass is 16.5. The minimum Gasteiger partial charge on any atom is -0.494 e. The highest BCUT2D eigenvalue weighted by Gasteiger charge is 2.27. The number of benzene rings is 1. The maximum absolute atomic E-state index is 12.6. The highest BCUT2D eigenvalue weighted by molar-refractivity contribution is 6.02. The number of pyridine rings is 1. The lowest BCUT2D eigenvalue weighted by molar-refractivity contribution is -0.108. The molecule has 0 spiro atoms. The van der Waals surface area contributed by atoms with Crippen LogP contribution in [0.25, 0.3) is 11.4 Å². The van der Waals surface area contributed by atoms with Gasteiger partial charge in [0.15, 0.2) is 17.4 Å². The second-order valence-corrected chi connectivity index (χ2v) is 7.72. The molecule has 0 atom stereocenters. The second kappa shape index (κ2) is 9.17. The summed E-state index contributed by atoms with van der Waals surface area (Å²) in [6.07, 6.45) is 7.30. The van der Waals surface area contributed by atoms with Crippen molar-refractivity contribution in [3.63, 3.8) is 0 Å². The van der Waals surface area contributed by atoms with Gasteiger partial charge in [-0.15, -0.1) is 0 Å². The van der Waals surface area contributed by atoms with Crippen molar-refractivity contribution in [2.24, 2.45) is 7.05 Å². The van der Waals surface area contributed by atoms with Crippen LogP contribution in [0.3, 0.4) is 0 Å². The van der Waals surface area contributed by atoms with E-state index in [0.29, 0.717) is 40.8 Å². The molecule has 166 valence electrons. The van der Waals surface area contributed by atoms with Crippen molar-refractivity contribution in [2.75, 3.05) is 17.3 Å². The fourth-order valence-corrected chi connectivity index (χ4v) is 3.73. The molecule has 1 N–H and O–H groups in total. The molecular weight excluding hydrogens is 408 g/mol. The van der Waals surface area contributed by atoms with Gasteiger partial charge in [0.25, 0.3) is 0 Å². The minimum atomic E-state index is -0.0469. The lowest BCUT2D eigenvalue weighted by Gasteiger charge is -2.34. The maximum Gasteiger partial charge on any atom is 0.215 e. The van der Waals surface area contributed by atoms with E-state index in [9.17, 15) is 9.59 Å². The number of aromatic nitrogens is 4. The van der Waals surface area contributed by atoms with Crippen molar-refractivity contribution < 1.29 is 14.3 Å². The smallest absolute Gasteiger partial charge is 0.215 e. The molecule has 1 aliphatic carbocycles. The zero-order valence-corrected chi connectivity index (χ0v) is 18.4. The average molecular weight is 435 g/mol. The molecule has 0 bridgehead atoms. The van der Waals surface area contributed by atoms with E-state index < -0.39 is 0 Å². The van der Waals surface area contributed by atoms with Gasteiger partial charge < -0.3 is 10.1 Å². The number of para-hydroxylation sites is 1. The SMILES string of the molecule is CCC(=O)c1cnc(N(C=O)C2CCC2)cc1Nc1cccc(-c2ncn(C)n2)c1OC. The summed E-state index contributed by atoms with van der Waals surface area (Å²) in [4.78, 5) is 34.7. The van der Waals surface area contributed by atoms with E-state index in [-0.39, 0.29) is 11.8 Å². The number of carbonyl (C=O) groups is 2. The van der Waals surface area contributed by atoms with Gasteiger partial charge >= 0.3 is 0 Å². The van der Waals surface area contributed by atoms with Crippen LogP contribution in [-0.2, 0) is 11.8 Å². The third-order valence-electron chi connectivity index (χ3n) is 5.69. The number of anilines is 3. The first kappa shape index (κ1) is 21.5. The van der Waals surface area contributed by atoms with Crippen molar-refractivity contribution in [2.45, 2.75) is 38.6 Å². The molecule has 3 aromatic rings. The van der Waals surface area contributed by atoms with E-state index in [1.165, 1.54) is 6.20 Å². The van der Waals surface area contributed by atoms with Crippen LogP contribution in [0.1, 0.15) is 43.0 Å². The number of rotatable bonds is 9. The van der Waals surface area contributed by atoms with E-state index in [1.54, 1.807) is 43.1 Å². The first-order valence-electron chi connectivity index (χ1n) is 10.6. The number of amides is 1. The standard InChI is InChI=1S/C23H26N6O3/c1-4-20(31)17-12-24-21(29(14-30)15-7-5-8-15)11-19(17)26-18-10-6-9-16(22(18)32-3)23-25-13-28(2)27-23/h6,9-15H,4-5,7-8H2,1-3H3,(H,24,26). The predicted octanol–water partition coefficient (Wildman–Crippen LogP) is 3.74. The highest BCUT2D eigenvalue weighted by Crippen LogP contribution is 2.38. The monoisotopic (exact) mass is 434 g/mol. The zero-order valence-electron chi connectivity index (χ0n) is 18.4. The zero-order chi connectivity index (χ0) is 22.7. The van der Waals surface area contributed by atoms with E-state index in [1.807, 2.05) is 18.2 Å². The van der Waals surface area contributed by atoms with Crippen molar-refractivity contribution >= 4 is 29.4 Å². The van der Waals surface area contributed by atoms with Gasteiger partial charge in [-0.2, -0.15) is 5.10 Å². The van der Waals surface area contributed by atoms with E-state index >= 15 is 0 Å². The third kappa shape index (κ3) is 4.05. The van der Waals surface area contributed by atoms with Gasteiger partial charge in [0.05, 0.1) is 29.6 Å². The topological polar surface area (TPSA) is 102 Å². The number of hydrogen-bond donors (Lipinski definition) is 1. The number of aryl methyl sites for hydroxylation is 1. The molecule has 1 fully saturated rings. The summed E-state index contributed by atoms with van der Waals surface area (Å²) >= 11 is 0. The Balaban J connectivity index is 1.76. The number of nitrogens with zero attached hydrogens (tertiary/aromatic N) is 5. The summed E-state index contributed by atoms with van der Waals surface area (Å²) in [7, 11) is 3.38. The largest absolute Gasteiger partial charge is 0.494 e. The average Bonchev–Trinajstić information content (AvgIpc) is 3.21. The van der Waals surface area contributed by atoms with Crippen molar-refractivity contribution in [3.8, 4) is 17.1 Å². The number of hydrogen-bond acceptors (Lipinski definition) is 7. The summed E-state index contributed by atoms with van der Waals surface area (Å²) in [6, 6.07) is 7.50. The normalized spacial score (nSPS) is 13.3. The third-order valence-corrected chi connectivity index (χ3v) is 5.69. The van der Waals surface area contributed by atoms with Gasteiger partial charge in [-0.1, -0.05) is 13.0 Å². The Labute approximate surface area is 186 Å². The summed E-state index contributed by atoms with van der Waals surface area (Å²) in [5.41, 5.74) is 2.40. The van der Waals surface area contributed by atoms with E-state index in [0.717, 1.165) is 31.2 Å². The Morgan fingerprint density at radius 1 is 1.31 bits per heavy atom. The molecule has 32 heavy (non-hydrogen) atoms. The summed E-state index contributed by atoms with van der Waals surface area (Å²) < 4.78 is 7.31. The molecule has 1 amide bonds. The maximum atomic E-state index is 12.6. The van der Waals surface area contributed by atoms with Crippen LogP contribution >= 0.6 is 0 Å². The number of nitrogens with one attached hydrogen (secondary N) is 1. The molecule has 1 saturated carbocycles. The number of carbonyl (C=O) groups excluding carboxylic acids is 2. The van der Waals surface area contributed by atoms with Gasteiger partial charge in [0.1, 0.15) is 12.1 Å². The Morgan fingerprint density at radius 2 is 2.12 bits per heavy atom. The molecule has 9 nitrogen and oxygen atoms in total. The quantitative estimate of drug-likeness (QED) is 0.404. The predicted molar refractivity (Wildman–Crippen MR) is 121 cm³/mol. The first-order chi connectivity index (χ1) is 15.5. The second-order valence-electron chi connectivity index (χ2n) is 7.72. The molecule has 2 heterocycles. The lowest BCUT2D eigenvalue weighted by Crippen LogP contribution is -2.39. The molecule has 0 radical (unpaired) electrons. The van der Waals surface area contributed by atoms with Crippen molar-refractivity contribution in [3.05, 3.63) is 42.4 Å². The molecule has 4 rings (SSSR count). The van der Waals surface area contributed by atoms with Crippen LogP contribution in [-0.4, -0.2) is 45.1 Å². The van der Waals surface area contributed by atoms with E-state index in [2.05, 4.69) is 20.4 Å². The van der Waals surface area contributed by atoms with Gasteiger partial charge in [0.2, 0.25) is 6.41 Å². The van der Waals surface area contributed by atoms with Crippen molar-refractivity contribution in [1.29, 1.82) is 0 Å². The molecule has 0 aliphatic heterocycles. The summed E-state index contributed by atoms with van der Waals surface area (Å²) in [5.74, 6) is 1.55. The number of ether oxygens (including phenoxy) is 1. The Kier molecular flexibility index (Phi) is 6.16. The van der Waals surface area contributed by atoms with Gasteiger partial charge in [-0.3, -0.25) is 19.2 Å². The van der Waals surface area contributed by atoms with Crippen LogP contribution in [0.15, 0.2) is 36.8 Å². The van der Waals surface area contributed by atoms with Crippen molar-refractivity contribution in [1.82, 2.24) is 19.7 Å². The van der Waals surface area contributed by atoms with Crippen LogP contribution < -0.4 is 15.0 Å². The van der Waals surface area contributed by atoms with Gasteiger partial charge in [0, 0.05) is 31.8 Å². The number of ketones is 1. The molecule has 2 aromatic heterocycles. The van der Waals surface area contributed by atoms with Crippen LogP contribution in [0.4, 0.5) is 17.2 Å². The fraction of sp³-hybridized carbons (Fsp3) is 0.348. The lowest BCUT2D eigenvalue weighted by atomic mass is 9.92. The van der Waals surface area contributed by atoms with Gasteiger partial charge in [-0.25, -0.2) is 9.97 Å². The molecule has 1 aromatic carbocycles. The fourth-order valence-electron chi connectivity index (χ4n) is 3.73. The molecule has 1 aliphatic rings. The number of methoxy groups -OCH3 is 1. The minimum absolute atomic E-state index is 0.0469. The van der Waals surface area contributed by atoms with Crippen LogP contribution in [0.5, 0.6) is 5.75 Å². The Bertz CT molecular complexity index is 1140. The Hall–Kier alpha value is -3.75. The molecular formula is C23H26N6O3. The summed E-state index contributed by atoms with van der Waals surface area (Å²) in [5, 5.41) is 7.70.